The lowest BCUT2D eigenvalue weighted by atomic mass is 9.85. The summed E-state index contributed by atoms with van der Waals surface area (Å²) in [5, 5.41) is 6.07. The van der Waals surface area contributed by atoms with Crippen molar-refractivity contribution < 1.29 is 4.79 Å². The largest absolute Gasteiger partial charge is 0.347 e. The molecule has 0 fully saturated rings. The summed E-state index contributed by atoms with van der Waals surface area (Å²) in [5.41, 5.74) is 2.80. The Bertz CT molecular complexity index is 890. The highest BCUT2D eigenvalue weighted by Gasteiger charge is 2.28. The predicted octanol–water partition coefficient (Wildman–Crippen LogP) is 5.43. The van der Waals surface area contributed by atoms with Crippen molar-refractivity contribution in [2.75, 3.05) is 0 Å². The molecule has 0 aliphatic rings. The fourth-order valence-electron chi connectivity index (χ4n) is 3.08. The Morgan fingerprint density at radius 2 is 1.96 bits per heavy atom. The smallest absolute Gasteiger partial charge is 0.226 e. The van der Waals surface area contributed by atoms with Crippen molar-refractivity contribution in [2.45, 2.75) is 46.1 Å². The molecule has 1 unspecified atom stereocenters. The monoisotopic (exact) mass is 393 g/mol. The number of nitrogens with one attached hydrogen (secondary N) is 1. The summed E-state index contributed by atoms with van der Waals surface area (Å²) < 4.78 is 0. The zero-order valence-corrected chi connectivity index (χ0v) is 17.5. The normalized spacial score (nSPS) is 12.5. The summed E-state index contributed by atoms with van der Waals surface area (Å²) in [6.07, 6.45) is 6.38. The zero-order chi connectivity index (χ0) is 20.0. The van der Waals surface area contributed by atoms with E-state index in [-0.39, 0.29) is 11.9 Å². The second-order valence-electron chi connectivity index (χ2n) is 7.73. The summed E-state index contributed by atoms with van der Waals surface area (Å²) >= 11 is 1.57. The maximum atomic E-state index is 12.8. The van der Waals surface area contributed by atoms with Gasteiger partial charge in [0, 0.05) is 28.8 Å². The van der Waals surface area contributed by atoms with Crippen LogP contribution < -0.4 is 5.32 Å². The lowest BCUT2D eigenvalue weighted by molar-refractivity contribution is -0.130. The number of carbonyl (C=O) groups excluding carboxylic acids is 1. The van der Waals surface area contributed by atoms with Crippen LogP contribution in [-0.4, -0.2) is 15.9 Å². The third-order valence-electron chi connectivity index (χ3n) is 4.92. The number of amides is 1. The Hall–Kier alpha value is -2.53. The molecule has 0 aliphatic heterocycles. The Balaban J connectivity index is 1.54. The molecular formula is C23H27N3OS. The topological polar surface area (TPSA) is 54.9 Å². The van der Waals surface area contributed by atoms with E-state index < -0.39 is 5.41 Å². The van der Waals surface area contributed by atoms with Crippen LogP contribution >= 0.6 is 11.3 Å². The van der Waals surface area contributed by atoms with Gasteiger partial charge in [-0.2, -0.15) is 0 Å². The van der Waals surface area contributed by atoms with Gasteiger partial charge >= 0.3 is 0 Å². The number of pyridine rings is 1. The van der Waals surface area contributed by atoms with Gasteiger partial charge in [-0.15, -0.1) is 11.3 Å². The van der Waals surface area contributed by atoms with E-state index in [1.54, 1.807) is 23.7 Å². The van der Waals surface area contributed by atoms with Gasteiger partial charge in [-0.1, -0.05) is 44.2 Å². The molecule has 1 N–H and O–H groups in total. The standard InChI is InChI=1S/C23H27N3OS/c1-17(21-26-20(16-28-21)19-12-8-14-24-15-19)25-22(27)23(2,3)13-7-11-18-9-5-4-6-10-18/h4-6,8-10,12,14-17H,7,11,13H2,1-3H3,(H,25,27). The number of aromatic nitrogens is 2. The first-order chi connectivity index (χ1) is 13.5. The number of carbonyl (C=O) groups is 1. The average Bonchev–Trinajstić information content (AvgIpc) is 3.20. The molecule has 28 heavy (non-hydrogen) atoms. The van der Waals surface area contributed by atoms with Crippen molar-refractivity contribution in [3.05, 3.63) is 70.8 Å². The van der Waals surface area contributed by atoms with Crippen LogP contribution in [0.2, 0.25) is 0 Å². The summed E-state index contributed by atoms with van der Waals surface area (Å²) in [7, 11) is 0. The molecule has 3 rings (SSSR count). The lowest BCUT2D eigenvalue weighted by Crippen LogP contribution is -2.38. The van der Waals surface area contributed by atoms with Gasteiger partial charge in [-0.25, -0.2) is 4.98 Å². The molecule has 0 radical (unpaired) electrons. The number of aryl methyl sites for hydroxylation is 1. The molecule has 3 aromatic rings. The molecule has 1 aromatic carbocycles. The highest BCUT2D eigenvalue weighted by molar-refractivity contribution is 7.10. The number of thiazole rings is 1. The highest BCUT2D eigenvalue weighted by Crippen LogP contribution is 2.28. The highest BCUT2D eigenvalue weighted by atomic mass is 32.1. The third kappa shape index (κ3) is 5.26. The average molecular weight is 394 g/mol. The molecule has 0 aliphatic carbocycles. The van der Waals surface area contributed by atoms with Crippen molar-refractivity contribution in [3.63, 3.8) is 0 Å². The van der Waals surface area contributed by atoms with E-state index >= 15 is 0 Å². The SMILES string of the molecule is CC(NC(=O)C(C)(C)CCCc1ccccc1)c1nc(-c2cccnc2)cs1. The molecule has 0 saturated carbocycles. The Morgan fingerprint density at radius 1 is 1.18 bits per heavy atom. The van der Waals surface area contributed by atoms with Gasteiger partial charge in [0.25, 0.3) is 0 Å². The molecule has 0 bridgehead atoms. The third-order valence-corrected chi connectivity index (χ3v) is 5.95. The number of hydrogen-bond acceptors (Lipinski definition) is 4. The second kappa shape index (κ2) is 9.11. The molecule has 5 heteroatoms. The minimum absolute atomic E-state index is 0.0752. The molecule has 4 nitrogen and oxygen atoms in total. The van der Waals surface area contributed by atoms with E-state index in [9.17, 15) is 4.79 Å². The molecule has 0 saturated heterocycles. The van der Waals surface area contributed by atoms with E-state index in [1.807, 2.05) is 44.4 Å². The van der Waals surface area contributed by atoms with Gasteiger partial charge in [0.15, 0.2) is 0 Å². The molecule has 1 atom stereocenters. The number of benzene rings is 1. The maximum absolute atomic E-state index is 12.8. The lowest BCUT2D eigenvalue weighted by Gasteiger charge is -2.25. The van der Waals surface area contributed by atoms with E-state index in [0.29, 0.717) is 0 Å². The molecule has 2 aromatic heterocycles. The van der Waals surface area contributed by atoms with Gasteiger partial charge in [0.1, 0.15) is 5.01 Å². The van der Waals surface area contributed by atoms with Crippen molar-refractivity contribution >= 4 is 17.2 Å². The van der Waals surface area contributed by atoms with Crippen LogP contribution in [0.3, 0.4) is 0 Å². The second-order valence-corrected chi connectivity index (χ2v) is 8.62. The van der Waals surface area contributed by atoms with Gasteiger partial charge in [0.2, 0.25) is 5.91 Å². The van der Waals surface area contributed by atoms with Gasteiger partial charge in [-0.3, -0.25) is 9.78 Å². The first-order valence-electron chi connectivity index (χ1n) is 9.66. The van der Waals surface area contributed by atoms with Crippen molar-refractivity contribution in [3.8, 4) is 11.3 Å². The molecule has 146 valence electrons. The van der Waals surface area contributed by atoms with E-state index in [4.69, 9.17) is 0 Å². The number of nitrogens with zero attached hydrogens (tertiary/aromatic N) is 2. The van der Waals surface area contributed by atoms with Crippen LogP contribution in [0.25, 0.3) is 11.3 Å². The minimum Gasteiger partial charge on any atom is -0.347 e. The Kier molecular flexibility index (Phi) is 6.57. The predicted molar refractivity (Wildman–Crippen MR) is 115 cm³/mol. The van der Waals surface area contributed by atoms with Crippen LogP contribution in [-0.2, 0) is 11.2 Å². The van der Waals surface area contributed by atoms with Crippen LogP contribution in [0.1, 0.15) is 50.2 Å². The molecular weight excluding hydrogens is 366 g/mol. The van der Waals surface area contributed by atoms with Crippen molar-refractivity contribution in [1.82, 2.24) is 15.3 Å². The van der Waals surface area contributed by atoms with E-state index in [1.165, 1.54) is 5.56 Å². The van der Waals surface area contributed by atoms with Crippen molar-refractivity contribution in [2.24, 2.45) is 5.41 Å². The van der Waals surface area contributed by atoms with Gasteiger partial charge in [0.05, 0.1) is 11.7 Å². The fourth-order valence-corrected chi connectivity index (χ4v) is 3.92. The Morgan fingerprint density at radius 3 is 2.68 bits per heavy atom. The van der Waals surface area contributed by atoms with E-state index in [0.717, 1.165) is 35.5 Å². The van der Waals surface area contributed by atoms with Crippen LogP contribution in [0.4, 0.5) is 0 Å². The fraction of sp³-hybridized carbons (Fsp3) is 0.348. The van der Waals surface area contributed by atoms with Crippen LogP contribution in [0, 0.1) is 5.41 Å². The Labute approximate surface area is 171 Å². The summed E-state index contributed by atoms with van der Waals surface area (Å²) in [6, 6.07) is 14.2. The minimum atomic E-state index is -0.410. The van der Waals surface area contributed by atoms with Crippen LogP contribution in [0.15, 0.2) is 60.2 Å². The first kappa shape index (κ1) is 20.2. The quantitative estimate of drug-likeness (QED) is 0.555. The van der Waals surface area contributed by atoms with Crippen LogP contribution in [0.5, 0.6) is 0 Å². The molecule has 1 amide bonds. The van der Waals surface area contributed by atoms with E-state index in [2.05, 4.69) is 39.6 Å². The summed E-state index contributed by atoms with van der Waals surface area (Å²) in [5.74, 6) is 0.0752. The number of hydrogen-bond donors (Lipinski definition) is 1. The number of rotatable bonds is 8. The summed E-state index contributed by atoms with van der Waals surface area (Å²) in [4.78, 5) is 21.6. The van der Waals surface area contributed by atoms with Gasteiger partial charge in [-0.05, 0) is 43.9 Å². The first-order valence-corrected chi connectivity index (χ1v) is 10.5. The summed E-state index contributed by atoms with van der Waals surface area (Å²) in [6.45, 7) is 6.02. The van der Waals surface area contributed by atoms with Gasteiger partial charge < -0.3 is 5.32 Å². The zero-order valence-electron chi connectivity index (χ0n) is 16.7. The molecule has 2 heterocycles. The molecule has 0 spiro atoms. The maximum Gasteiger partial charge on any atom is 0.226 e. The van der Waals surface area contributed by atoms with Crippen molar-refractivity contribution in [1.29, 1.82) is 0 Å².